The molecule has 4 atom stereocenters. The highest BCUT2D eigenvalue weighted by Crippen LogP contribution is 2.43. The van der Waals surface area contributed by atoms with Crippen LogP contribution < -0.4 is 0 Å². The van der Waals surface area contributed by atoms with Crippen molar-refractivity contribution in [1.29, 1.82) is 0 Å². The number of halogens is 1. The highest BCUT2D eigenvalue weighted by Gasteiger charge is 2.32. The molecule has 0 aliphatic heterocycles. The number of hydrogen-bond donors (Lipinski definition) is 0. The van der Waals surface area contributed by atoms with Crippen LogP contribution in [0.5, 0.6) is 0 Å². The topological polar surface area (TPSA) is 0 Å². The Hall–Kier alpha value is 0.480. The Kier molecular flexibility index (Phi) is 3.93. The number of rotatable bonds is 2. The van der Waals surface area contributed by atoms with Crippen molar-refractivity contribution in [2.24, 2.45) is 17.8 Å². The first-order valence-corrected chi connectivity index (χ1v) is 7.35. The van der Waals surface area contributed by atoms with Gasteiger partial charge in [-0.3, -0.25) is 0 Å². The molecule has 14 heavy (non-hydrogen) atoms. The molecule has 1 heteroatoms. The van der Waals surface area contributed by atoms with Gasteiger partial charge < -0.3 is 0 Å². The first-order chi connectivity index (χ1) is 6.79. The normalized spacial score (nSPS) is 44.1. The zero-order chi connectivity index (χ0) is 9.97. The Balaban J connectivity index is 1.84. The molecule has 0 saturated heterocycles. The molecule has 0 bridgehead atoms. The average Bonchev–Trinajstić information content (AvgIpc) is 2.65. The van der Waals surface area contributed by atoms with Crippen LogP contribution in [0, 0.1) is 17.8 Å². The third kappa shape index (κ3) is 2.53. The van der Waals surface area contributed by atoms with E-state index in [4.69, 9.17) is 0 Å². The van der Waals surface area contributed by atoms with E-state index >= 15 is 0 Å². The van der Waals surface area contributed by atoms with E-state index in [2.05, 4.69) is 22.9 Å². The van der Waals surface area contributed by atoms with Gasteiger partial charge in [-0.1, -0.05) is 48.5 Å². The predicted molar refractivity (Wildman–Crippen MR) is 65.8 cm³/mol. The average molecular weight is 259 g/mol. The molecule has 0 aromatic rings. The van der Waals surface area contributed by atoms with Crippen LogP contribution in [0.25, 0.3) is 0 Å². The summed E-state index contributed by atoms with van der Waals surface area (Å²) in [6.45, 7) is 2.37. The maximum absolute atomic E-state index is 3.78. The molecule has 0 N–H and O–H groups in total. The highest BCUT2D eigenvalue weighted by atomic mass is 79.9. The highest BCUT2D eigenvalue weighted by molar-refractivity contribution is 9.09. The molecular formula is C13H23Br. The van der Waals surface area contributed by atoms with Crippen LogP contribution in [-0.4, -0.2) is 4.83 Å². The van der Waals surface area contributed by atoms with Crippen LogP contribution in [0.2, 0.25) is 0 Å². The summed E-state index contributed by atoms with van der Waals surface area (Å²) < 4.78 is 0. The molecule has 0 spiro atoms. The van der Waals surface area contributed by atoms with E-state index in [0.29, 0.717) is 0 Å². The SMILES string of the molecule is CCC1CCCC(C2CCC(Br)C2)C1. The molecule has 2 aliphatic rings. The summed E-state index contributed by atoms with van der Waals surface area (Å²) in [6, 6.07) is 0. The Labute approximate surface area is 97.0 Å². The minimum atomic E-state index is 0.842. The molecule has 82 valence electrons. The molecule has 0 amide bonds. The third-order valence-electron chi connectivity index (χ3n) is 4.48. The van der Waals surface area contributed by atoms with Gasteiger partial charge in [-0.2, -0.15) is 0 Å². The molecule has 2 saturated carbocycles. The van der Waals surface area contributed by atoms with E-state index < -0.39 is 0 Å². The lowest BCUT2D eigenvalue weighted by Gasteiger charge is -2.32. The van der Waals surface area contributed by atoms with Gasteiger partial charge >= 0.3 is 0 Å². The largest absolute Gasteiger partial charge is 0.0891 e. The smallest absolute Gasteiger partial charge is 0.0148 e. The molecule has 2 fully saturated rings. The molecule has 0 aromatic heterocycles. The van der Waals surface area contributed by atoms with Gasteiger partial charge in [0.25, 0.3) is 0 Å². The van der Waals surface area contributed by atoms with Gasteiger partial charge in [-0.25, -0.2) is 0 Å². The molecular weight excluding hydrogens is 236 g/mol. The van der Waals surface area contributed by atoms with Gasteiger partial charge in [0.2, 0.25) is 0 Å². The fourth-order valence-corrected chi connectivity index (χ4v) is 4.26. The van der Waals surface area contributed by atoms with Crippen molar-refractivity contribution in [2.75, 3.05) is 0 Å². The van der Waals surface area contributed by atoms with Gasteiger partial charge in [-0.15, -0.1) is 0 Å². The summed E-state index contributed by atoms with van der Waals surface area (Å²) >= 11 is 3.78. The van der Waals surface area contributed by atoms with Crippen molar-refractivity contribution >= 4 is 15.9 Å². The lowest BCUT2D eigenvalue weighted by Crippen LogP contribution is -2.21. The summed E-state index contributed by atoms with van der Waals surface area (Å²) in [5.41, 5.74) is 0. The van der Waals surface area contributed by atoms with Crippen LogP contribution in [0.1, 0.15) is 58.3 Å². The zero-order valence-corrected chi connectivity index (χ0v) is 10.9. The Morgan fingerprint density at radius 2 is 1.79 bits per heavy atom. The molecule has 0 radical (unpaired) electrons. The first-order valence-electron chi connectivity index (χ1n) is 6.43. The summed E-state index contributed by atoms with van der Waals surface area (Å²) in [6.07, 6.45) is 11.9. The van der Waals surface area contributed by atoms with Crippen LogP contribution in [0.4, 0.5) is 0 Å². The van der Waals surface area contributed by atoms with Crippen molar-refractivity contribution in [1.82, 2.24) is 0 Å². The second-order valence-corrected chi connectivity index (χ2v) is 6.67. The van der Waals surface area contributed by atoms with Crippen LogP contribution in [0.15, 0.2) is 0 Å². The zero-order valence-electron chi connectivity index (χ0n) is 9.34. The van der Waals surface area contributed by atoms with Crippen LogP contribution in [0.3, 0.4) is 0 Å². The van der Waals surface area contributed by atoms with E-state index in [0.717, 1.165) is 22.6 Å². The third-order valence-corrected chi connectivity index (χ3v) is 5.31. The summed E-state index contributed by atoms with van der Waals surface area (Å²) in [4.78, 5) is 0.842. The van der Waals surface area contributed by atoms with E-state index in [9.17, 15) is 0 Å². The Morgan fingerprint density at radius 1 is 1.00 bits per heavy atom. The van der Waals surface area contributed by atoms with Crippen molar-refractivity contribution in [3.05, 3.63) is 0 Å². The Bertz CT molecular complexity index is 178. The molecule has 2 rings (SSSR count). The van der Waals surface area contributed by atoms with Crippen molar-refractivity contribution in [3.63, 3.8) is 0 Å². The maximum atomic E-state index is 3.78. The van der Waals surface area contributed by atoms with E-state index in [1.165, 1.54) is 44.9 Å². The predicted octanol–water partition coefficient (Wildman–Crippen LogP) is 4.77. The van der Waals surface area contributed by atoms with Crippen LogP contribution in [-0.2, 0) is 0 Å². The molecule has 0 aromatic carbocycles. The van der Waals surface area contributed by atoms with Crippen molar-refractivity contribution in [3.8, 4) is 0 Å². The van der Waals surface area contributed by atoms with Gasteiger partial charge in [0, 0.05) is 4.83 Å². The fourth-order valence-electron chi connectivity index (χ4n) is 3.52. The second kappa shape index (κ2) is 5.01. The Morgan fingerprint density at radius 3 is 2.43 bits per heavy atom. The van der Waals surface area contributed by atoms with Crippen molar-refractivity contribution in [2.45, 2.75) is 63.1 Å². The summed E-state index contributed by atoms with van der Waals surface area (Å²) in [5, 5.41) is 0. The standard InChI is InChI=1S/C13H23Br/c1-2-10-4-3-5-11(8-10)12-6-7-13(14)9-12/h10-13H,2-9H2,1H3. The summed E-state index contributed by atoms with van der Waals surface area (Å²) in [7, 11) is 0. The molecule has 2 aliphatic carbocycles. The molecule has 0 nitrogen and oxygen atoms in total. The van der Waals surface area contributed by atoms with Crippen LogP contribution >= 0.6 is 15.9 Å². The minimum Gasteiger partial charge on any atom is -0.0891 e. The minimum absolute atomic E-state index is 0.842. The fraction of sp³-hybridized carbons (Fsp3) is 1.00. The number of hydrogen-bond acceptors (Lipinski definition) is 0. The van der Waals surface area contributed by atoms with Crippen molar-refractivity contribution < 1.29 is 0 Å². The molecule has 4 unspecified atom stereocenters. The summed E-state index contributed by atoms with van der Waals surface area (Å²) in [5.74, 6) is 3.20. The van der Waals surface area contributed by atoms with Gasteiger partial charge in [0.05, 0.1) is 0 Å². The number of alkyl halides is 1. The van der Waals surface area contributed by atoms with Gasteiger partial charge in [0.15, 0.2) is 0 Å². The lowest BCUT2D eigenvalue weighted by atomic mass is 9.74. The van der Waals surface area contributed by atoms with E-state index in [1.807, 2.05) is 0 Å². The second-order valence-electron chi connectivity index (χ2n) is 5.37. The monoisotopic (exact) mass is 258 g/mol. The maximum Gasteiger partial charge on any atom is 0.0148 e. The van der Waals surface area contributed by atoms with Gasteiger partial charge in [0.1, 0.15) is 0 Å². The van der Waals surface area contributed by atoms with E-state index in [1.54, 1.807) is 6.42 Å². The lowest BCUT2D eigenvalue weighted by molar-refractivity contribution is 0.194. The van der Waals surface area contributed by atoms with Gasteiger partial charge in [-0.05, 0) is 43.4 Å². The first kappa shape index (κ1) is 11.0. The molecule has 0 heterocycles. The quantitative estimate of drug-likeness (QED) is 0.627. The van der Waals surface area contributed by atoms with E-state index in [-0.39, 0.29) is 0 Å².